The zero-order valence-electron chi connectivity index (χ0n) is 6.42. The second kappa shape index (κ2) is 4.24. The number of hydrogen-bond acceptors (Lipinski definition) is 4. The third kappa shape index (κ3) is 2.33. The first-order valence-electron chi connectivity index (χ1n) is 3.06. The van der Waals surface area contributed by atoms with Gasteiger partial charge in [-0.1, -0.05) is 0 Å². The number of aliphatic hydroxyl groups is 1. The second-order valence-corrected chi connectivity index (χ2v) is 2.03. The number of nitrogens with one attached hydrogen (secondary N) is 1. The van der Waals surface area contributed by atoms with E-state index in [1.54, 1.807) is 7.05 Å². The van der Waals surface area contributed by atoms with Crippen molar-refractivity contribution in [2.75, 3.05) is 14.2 Å². The van der Waals surface area contributed by atoms with Gasteiger partial charge < -0.3 is 15.2 Å². The van der Waals surface area contributed by atoms with Crippen LogP contribution in [0.4, 0.5) is 0 Å². The molecule has 0 saturated heterocycles. The van der Waals surface area contributed by atoms with Gasteiger partial charge in [-0.05, 0) is 14.0 Å². The lowest BCUT2D eigenvalue weighted by Crippen LogP contribution is -2.43. The summed E-state index contributed by atoms with van der Waals surface area (Å²) in [6.07, 6.45) is -0.725. The van der Waals surface area contributed by atoms with Crippen LogP contribution in [0.2, 0.25) is 0 Å². The molecule has 0 aromatic rings. The van der Waals surface area contributed by atoms with Gasteiger partial charge in [-0.3, -0.25) is 4.79 Å². The molecule has 0 radical (unpaired) electrons. The van der Waals surface area contributed by atoms with E-state index < -0.39 is 18.1 Å². The van der Waals surface area contributed by atoms with Crippen LogP contribution in [0.15, 0.2) is 0 Å². The number of carbonyl (C=O) groups excluding carboxylic acids is 1. The Labute approximate surface area is 60.2 Å². The van der Waals surface area contributed by atoms with Gasteiger partial charge in [-0.25, -0.2) is 0 Å². The fourth-order valence-corrected chi connectivity index (χ4v) is 0.683. The van der Waals surface area contributed by atoms with Gasteiger partial charge >= 0.3 is 5.97 Å². The lowest BCUT2D eigenvalue weighted by atomic mass is 10.2. The van der Waals surface area contributed by atoms with Gasteiger partial charge in [0.1, 0.15) is 6.04 Å². The zero-order chi connectivity index (χ0) is 8.15. The minimum atomic E-state index is -0.725. The van der Waals surface area contributed by atoms with E-state index in [2.05, 4.69) is 10.1 Å². The quantitative estimate of drug-likeness (QED) is 0.509. The smallest absolute Gasteiger partial charge is 0.325 e. The molecule has 0 spiro atoms. The molecule has 10 heavy (non-hydrogen) atoms. The molecule has 0 unspecified atom stereocenters. The minimum Gasteiger partial charge on any atom is -0.468 e. The van der Waals surface area contributed by atoms with Crippen molar-refractivity contribution in [1.29, 1.82) is 0 Å². The SMILES string of the molecule is CN[C@@H](C(=O)OC)[C@H](C)O. The molecule has 0 fully saturated rings. The zero-order valence-corrected chi connectivity index (χ0v) is 6.42. The number of rotatable bonds is 3. The predicted octanol–water partition coefficient (Wildman–Crippen LogP) is -0.872. The molecule has 0 aromatic heterocycles. The Morgan fingerprint density at radius 2 is 2.20 bits per heavy atom. The molecule has 4 nitrogen and oxygen atoms in total. The van der Waals surface area contributed by atoms with Gasteiger partial charge in [-0.15, -0.1) is 0 Å². The monoisotopic (exact) mass is 147 g/mol. The molecule has 2 N–H and O–H groups in total. The molecular formula is C6H13NO3. The third-order valence-corrected chi connectivity index (χ3v) is 1.25. The molecule has 0 bridgehead atoms. The summed E-state index contributed by atoms with van der Waals surface area (Å²) in [7, 11) is 2.88. The number of likely N-dealkylation sites (N-methyl/N-ethyl adjacent to an activating group) is 1. The lowest BCUT2D eigenvalue weighted by Gasteiger charge is -2.15. The van der Waals surface area contributed by atoms with Crippen LogP contribution in [0.3, 0.4) is 0 Å². The highest BCUT2D eigenvalue weighted by Gasteiger charge is 2.21. The average Bonchev–Trinajstić information content (AvgIpc) is 1.88. The van der Waals surface area contributed by atoms with E-state index in [9.17, 15) is 4.79 Å². The molecule has 0 aliphatic rings. The van der Waals surface area contributed by atoms with Crippen molar-refractivity contribution in [1.82, 2.24) is 5.32 Å². The van der Waals surface area contributed by atoms with Gasteiger partial charge in [0, 0.05) is 0 Å². The number of aliphatic hydroxyl groups excluding tert-OH is 1. The number of hydrogen-bond donors (Lipinski definition) is 2. The predicted molar refractivity (Wildman–Crippen MR) is 36.5 cm³/mol. The van der Waals surface area contributed by atoms with Crippen LogP contribution in [0.25, 0.3) is 0 Å². The second-order valence-electron chi connectivity index (χ2n) is 2.03. The van der Waals surface area contributed by atoms with Crippen molar-refractivity contribution in [3.8, 4) is 0 Å². The van der Waals surface area contributed by atoms with Crippen LogP contribution in [-0.2, 0) is 9.53 Å². The molecule has 0 aliphatic heterocycles. The highest BCUT2D eigenvalue weighted by Crippen LogP contribution is 1.93. The molecule has 0 heterocycles. The maximum absolute atomic E-state index is 10.7. The van der Waals surface area contributed by atoms with E-state index in [4.69, 9.17) is 5.11 Å². The largest absolute Gasteiger partial charge is 0.468 e. The number of ether oxygens (including phenoxy) is 1. The minimum absolute atomic E-state index is 0.447. The Morgan fingerprint density at radius 3 is 2.30 bits per heavy atom. The average molecular weight is 147 g/mol. The van der Waals surface area contributed by atoms with Crippen LogP contribution < -0.4 is 5.32 Å². The first kappa shape index (κ1) is 9.39. The first-order chi connectivity index (χ1) is 4.63. The Kier molecular flexibility index (Phi) is 3.99. The van der Waals surface area contributed by atoms with Gasteiger partial charge in [0.05, 0.1) is 13.2 Å². The number of methoxy groups -OCH3 is 1. The standard InChI is InChI=1S/C6H13NO3/c1-4(8)5(7-2)6(9)10-3/h4-5,7-8H,1-3H3/t4-,5+/m0/s1. The Hall–Kier alpha value is -0.610. The highest BCUT2D eigenvalue weighted by atomic mass is 16.5. The summed E-state index contributed by atoms with van der Waals surface area (Å²) in [5, 5.41) is 11.6. The van der Waals surface area contributed by atoms with E-state index >= 15 is 0 Å². The highest BCUT2D eigenvalue weighted by molar-refractivity contribution is 5.76. The molecule has 2 atom stereocenters. The summed E-state index contributed by atoms with van der Waals surface area (Å²) in [5.41, 5.74) is 0. The first-order valence-corrected chi connectivity index (χ1v) is 3.06. The van der Waals surface area contributed by atoms with Crippen LogP contribution >= 0.6 is 0 Å². The lowest BCUT2D eigenvalue weighted by molar-refractivity contribution is -0.145. The molecule has 0 aliphatic carbocycles. The van der Waals surface area contributed by atoms with E-state index in [-0.39, 0.29) is 0 Å². The number of esters is 1. The summed E-state index contributed by atoms with van der Waals surface area (Å²) >= 11 is 0. The van der Waals surface area contributed by atoms with Gasteiger partial charge in [0.2, 0.25) is 0 Å². The summed E-state index contributed by atoms with van der Waals surface area (Å²) < 4.78 is 4.40. The van der Waals surface area contributed by atoms with Gasteiger partial charge in [0.15, 0.2) is 0 Å². The molecular weight excluding hydrogens is 134 g/mol. The molecule has 60 valence electrons. The van der Waals surface area contributed by atoms with E-state index in [0.29, 0.717) is 0 Å². The molecule has 0 amide bonds. The topological polar surface area (TPSA) is 58.6 Å². The maximum Gasteiger partial charge on any atom is 0.325 e. The van der Waals surface area contributed by atoms with Gasteiger partial charge in [0.25, 0.3) is 0 Å². The third-order valence-electron chi connectivity index (χ3n) is 1.25. The molecule has 0 aromatic carbocycles. The summed E-state index contributed by atoms with van der Waals surface area (Å²) in [5.74, 6) is -0.447. The summed E-state index contributed by atoms with van der Waals surface area (Å²) in [6, 6.07) is -0.620. The van der Waals surface area contributed by atoms with Crippen LogP contribution in [0.5, 0.6) is 0 Å². The van der Waals surface area contributed by atoms with Crippen molar-refractivity contribution in [2.45, 2.75) is 19.1 Å². The molecule has 0 rings (SSSR count). The van der Waals surface area contributed by atoms with Crippen molar-refractivity contribution >= 4 is 5.97 Å². The summed E-state index contributed by atoms with van der Waals surface area (Å²) in [6.45, 7) is 1.53. The van der Waals surface area contributed by atoms with Gasteiger partial charge in [-0.2, -0.15) is 0 Å². The van der Waals surface area contributed by atoms with Crippen molar-refractivity contribution in [2.24, 2.45) is 0 Å². The van der Waals surface area contributed by atoms with Crippen LogP contribution in [0, 0.1) is 0 Å². The Balaban J connectivity index is 3.93. The Morgan fingerprint density at radius 1 is 1.70 bits per heavy atom. The number of carbonyl (C=O) groups is 1. The van der Waals surface area contributed by atoms with Crippen LogP contribution in [-0.4, -0.2) is 37.4 Å². The fraction of sp³-hybridized carbons (Fsp3) is 0.833. The van der Waals surface area contributed by atoms with E-state index in [1.165, 1.54) is 14.0 Å². The molecule has 0 saturated carbocycles. The maximum atomic E-state index is 10.7. The van der Waals surface area contributed by atoms with Crippen molar-refractivity contribution in [3.63, 3.8) is 0 Å². The van der Waals surface area contributed by atoms with Crippen LogP contribution in [0.1, 0.15) is 6.92 Å². The summed E-state index contributed by atoms with van der Waals surface area (Å²) in [4.78, 5) is 10.7. The van der Waals surface area contributed by atoms with E-state index in [0.717, 1.165) is 0 Å². The van der Waals surface area contributed by atoms with Crippen molar-refractivity contribution in [3.05, 3.63) is 0 Å². The fourth-order valence-electron chi connectivity index (χ4n) is 0.683. The Bertz CT molecular complexity index is 114. The van der Waals surface area contributed by atoms with Crippen molar-refractivity contribution < 1.29 is 14.6 Å². The molecule has 4 heteroatoms. The normalized spacial score (nSPS) is 16.0. The van der Waals surface area contributed by atoms with E-state index in [1.807, 2.05) is 0 Å².